The molecule has 1 N–H and O–H groups in total. The molecule has 1 aliphatic heterocycles. The molecule has 1 heterocycles. The largest absolute Gasteiger partial charge is 0.396 e. The van der Waals surface area contributed by atoms with Crippen molar-refractivity contribution >= 4 is 11.7 Å². The molecule has 1 amide bonds. The molecule has 128 valence electrons. The van der Waals surface area contributed by atoms with E-state index in [-0.39, 0.29) is 24.3 Å². The Balaban J connectivity index is 1.67. The average Bonchev–Trinajstić information content (AvgIpc) is 2.94. The third-order valence-electron chi connectivity index (χ3n) is 5.32. The van der Waals surface area contributed by atoms with Gasteiger partial charge in [-0.05, 0) is 48.9 Å². The fraction of sp³-hybridized carbons (Fsp3) is 0.333. The molecule has 0 spiro atoms. The lowest BCUT2D eigenvalue weighted by molar-refractivity contribution is 0.0574. The molecule has 1 atom stereocenters. The van der Waals surface area contributed by atoms with E-state index in [0.717, 1.165) is 36.9 Å². The molecule has 0 saturated carbocycles. The number of fused-ring (bicyclic) bond motifs is 3. The number of hydrogen-bond acceptors (Lipinski definition) is 3. The summed E-state index contributed by atoms with van der Waals surface area (Å²) < 4.78 is 0. The maximum Gasteiger partial charge on any atom is 0.254 e. The second-order valence-corrected chi connectivity index (χ2v) is 6.80. The van der Waals surface area contributed by atoms with E-state index in [2.05, 4.69) is 0 Å². The van der Waals surface area contributed by atoms with Crippen molar-refractivity contribution in [2.24, 2.45) is 0 Å². The Morgan fingerprint density at radius 2 is 1.80 bits per heavy atom. The van der Waals surface area contributed by atoms with Crippen molar-refractivity contribution in [3.8, 4) is 11.1 Å². The molecule has 1 fully saturated rings. The second-order valence-electron chi connectivity index (χ2n) is 6.80. The first-order valence-electron chi connectivity index (χ1n) is 8.90. The van der Waals surface area contributed by atoms with Crippen molar-refractivity contribution in [1.29, 1.82) is 0 Å². The van der Waals surface area contributed by atoms with Gasteiger partial charge < -0.3 is 10.0 Å². The van der Waals surface area contributed by atoms with Gasteiger partial charge in [-0.1, -0.05) is 30.3 Å². The van der Waals surface area contributed by atoms with Crippen LogP contribution in [-0.4, -0.2) is 40.9 Å². The van der Waals surface area contributed by atoms with Gasteiger partial charge in [0.2, 0.25) is 0 Å². The summed E-state index contributed by atoms with van der Waals surface area (Å²) in [7, 11) is 0. The number of carbonyl (C=O) groups excluding carboxylic acids is 2. The maximum atomic E-state index is 13.0. The molecule has 0 aromatic heterocycles. The van der Waals surface area contributed by atoms with E-state index < -0.39 is 0 Å². The zero-order valence-corrected chi connectivity index (χ0v) is 14.1. The monoisotopic (exact) mass is 335 g/mol. The minimum atomic E-state index is -0.0373. The van der Waals surface area contributed by atoms with Gasteiger partial charge in [-0.2, -0.15) is 0 Å². The lowest BCUT2D eigenvalue weighted by atomic mass is 9.97. The SMILES string of the molecule is O=C1c2ccccc2-c2ccc(C(=O)N3CCCCC3CCO)cc21. The van der Waals surface area contributed by atoms with E-state index in [1.54, 1.807) is 6.07 Å². The minimum absolute atomic E-state index is 0.00852. The van der Waals surface area contributed by atoms with Crippen molar-refractivity contribution in [2.45, 2.75) is 31.7 Å². The van der Waals surface area contributed by atoms with Crippen LogP contribution in [-0.2, 0) is 0 Å². The number of benzene rings is 2. The lowest BCUT2D eigenvalue weighted by Gasteiger charge is -2.35. The number of piperidine rings is 1. The molecule has 1 saturated heterocycles. The third kappa shape index (κ3) is 2.67. The first-order chi connectivity index (χ1) is 12.2. The van der Waals surface area contributed by atoms with Crippen molar-refractivity contribution < 1.29 is 14.7 Å². The van der Waals surface area contributed by atoms with E-state index in [4.69, 9.17) is 0 Å². The Morgan fingerprint density at radius 1 is 1.04 bits per heavy atom. The van der Waals surface area contributed by atoms with Crippen molar-refractivity contribution in [3.63, 3.8) is 0 Å². The number of likely N-dealkylation sites (tertiary alicyclic amines) is 1. The van der Waals surface area contributed by atoms with Crippen molar-refractivity contribution in [1.82, 2.24) is 4.90 Å². The normalized spacial score (nSPS) is 18.8. The Labute approximate surface area is 147 Å². The van der Waals surface area contributed by atoms with Crippen molar-refractivity contribution in [2.75, 3.05) is 13.2 Å². The summed E-state index contributed by atoms with van der Waals surface area (Å²) >= 11 is 0. The van der Waals surface area contributed by atoms with Crippen LogP contribution in [0.1, 0.15) is 52.0 Å². The van der Waals surface area contributed by atoms with Crippen LogP contribution in [0.4, 0.5) is 0 Å². The molecule has 1 unspecified atom stereocenters. The molecular formula is C21H21NO3. The molecule has 4 heteroatoms. The number of carbonyl (C=O) groups is 2. The van der Waals surface area contributed by atoms with Gasteiger partial charge in [0.05, 0.1) is 0 Å². The molecular weight excluding hydrogens is 314 g/mol. The summed E-state index contributed by atoms with van der Waals surface area (Å²) in [6.07, 6.45) is 3.62. The Hall–Kier alpha value is -2.46. The Kier molecular flexibility index (Phi) is 4.14. The lowest BCUT2D eigenvalue weighted by Crippen LogP contribution is -2.44. The first kappa shape index (κ1) is 16.0. The van der Waals surface area contributed by atoms with Gasteiger partial charge >= 0.3 is 0 Å². The zero-order valence-electron chi connectivity index (χ0n) is 14.1. The van der Waals surface area contributed by atoms with Gasteiger partial charge in [-0.3, -0.25) is 9.59 Å². The van der Waals surface area contributed by atoms with Gasteiger partial charge in [-0.25, -0.2) is 0 Å². The summed E-state index contributed by atoms with van der Waals surface area (Å²) in [4.78, 5) is 27.5. The number of rotatable bonds is 3. The van der Waals surface area contributed by atoms with Gasteiger partial charge in [-0.15, -0.1) is 0 Å². The number of aliphatic hydroxyl groups excluding tert-OH is 1. The number of nitrogens with zero attached hydrogens (tertiary/aromatic N) is 1. The Morgan fingerprint density at radius 3 is 2.60 bits per heavy atom. The number of amides is 1. The molecule has 25 heavy (non-hydrogen) atoms. The average molecular weight is 335 g/mol. The van der Waals surface area contributed by atoms with Crippen LogP contribution in [0, 0.1) is 0 Å². The summed E-state index contributed by atoms with van der Waals surface area (Å²) in [5, 5.41) is 9.27. The van der Waals surface area contributed by atoms with Crippen LogP contribution in [0.5, 0.6) is 0 Å². The van der Waals surface area contributed by atoms with E-state index >= 15 is 0 Å². The zero-order chi connectivity index (χ0) is 17.4. The minimum Gasteiger partial charge on any atom is -0.396 e. The highest BCUT2D eigenvalue weighted by molar-refractivity contribution is 6.22. The van der Waals surface area contributed by atoms with Gasteiger partial charge in [0.15, 0.2) is 5.78 Å². The summed E-state index contributed by atoms with van der Waals surface area (Å²) in [6, 6.07) is 13.1. The molecule has 2 aromatic carbocycles. The fourth-order valence-corrected chi connectivity index (χ4v) is 4.04. The Bertz CT molecular complexity index is 841. The molecule has 4 rings (SSSR count). The summed E-state index contributed by atoms with van der Waals surface area (Å²) in [5.41, 5.74) is 3.73. The van der Waals surface area contributed by atoms with Crippen LogP contribution in [0.15, 0.2) is 42.5 Å². The van der Waals surface area contributed by atoms with Crippen LogP contribution in [0.2, 0.25) is 0 Å². The molecule has 0 bridgehead atoms. The summed E-state index contributed by atoms with van der Waals surface area (Å²) in [5.74, 6) is -0.0458. The van der Waals surface area contributed by atoms with E-state index in [0.29, 0.717) is 23.1 Å². The highest BCUT2D eigenvalue weighted by atomic mass is 16.3. The number of hydrogen-bond donors (Lipinski definition) is 1. The van der Waals surface area contributed by atoms with Crippen LogP contribution in [0.3, 0.4) is 0 Å². The molecule has 1 aliphatic carbocycles. The van der Waals surface area contributed by atoms with Gasteiger partial charge in [0.1, 0.15) is 0 Å². The standard InChI is InChI=1S/C21H21NO3/c23-12-10-15-5-3-4-11-22(15)21(25)14-8-9-17-16-6-1-2-7-18(16)20(24)19(17)13-14/h1-2,6-9,13,15,23H,3-5,10-12H2. The predicted octanol–water partition coefficient (Wildman–Crippen LogP) is 3.28. The maximum absolute atomic E-state index is 13.0. The van der Waals surface area contributed by atoms with E-state index in [1.807, 2.05) is 41.3 Å². The van der Waals surface area contributed by atoms with Crippen molar-refractivity contribution in [3.05, 3.63) is 59.2 Å². The van der Waals surface area contributed by atoms with Gasteiger partial charge in [0.25, 0.3) is 5.91 Å². The molecule has 2 aliphatic rings. The smallest absolute Gasteiger partial charge is 0.254 e. The molecule has 2 aromatic rings. The van der Waals surface area contributed by atoms with Crippen LogP contribution in [0.25, 0.3) is 11.1 Å². The highest BCUT2D eigenvalue weighted by Crippen LogP contribution is 2.37. The van der Waals surface area contributed by atoms with Crippen LogP contribution < -0.4 is 0 Å². The topological polar surface area (TPSA) is 57.6 Å². The molecule has 0 radical (unpaired) electrons. The number of ketones is 1. The van der Waals surface area contributed by atoms with Gasteiger partial charge in [0, 0.05) is 35.9 Å². The van der Waals surface area contributed by atoms with E-state index in [9.17, 15) is 14.7 Å². The first-order valence-corrected chi connectivity index (χ1v) is 8.90. The third-order valence-corrected chi connectivity index (χ3v) is 5.32. The molecule has 4 nitrogen and oxygen atoms in total. The second kappa shape index (κ2) is 6.45. The predicted molar refractivity (Wildman–Crippen MR) is 95.7 cm³/mol. The fourth-order valence-electron chi connectivity index (χ4n) is 4.04. The van der Waals surface area contributed by atoms with E-state index in [1.165, 1.54) is 0 Å². The van der Waals surface area contributed by atoms with Crippen LogP contribution >= 0.6 is 0 Å². The number of aliphatic hydroxyl groups is 1. The highest BCUT2D eigenvalue weighted by Gasteiger charge is 2.30. The summed E-state index contributed by atoms with van der Waals surface area (Å²) in [6.45, 7) is 0.807. The quantitative estimate of drug-likeness (QED) is 0.799.